The SMILES string of the molecule is CN(C)S(=O)(=O)c1ccc(Nc2cccc(Cl)c2)nc1. The summed E-state index contributed by atoms with van der Waals surface area (Å²) < 4.78 is 24.9. The van der Waals surface area contributed by atoms with Crippen molar-refractivity contribution in [3.8, 4) is 0 Å². The Bertz CT molecular complexity index is 700. The van der Waals surface area contributed by atoms with Crippen LogP contribution in [0, 0.1) is 0 Å². The standard InChI is InChI=1S/C13H14ClN3O2S/c1-17(2)20(18,19)12-6-7-13(15-9-12)16-11-5-3-4-10(14)8-11/h3-9H,1-2H3,(H,15,16). The van der Waals surface area contributed by atoms with Crippen molar-refractivity contribution >= 4 is 33.1 Å². The Morgan fingerprint density at radius 1 is 1.20 bits per heavy atom. The van der Waals surface area contributed by atoms with E-state index in [4.69, 9.17) is 11.6 Å². The molecule has 0 unspecified atom stereocenters. The molecule has 0 fully saturated rings. The van der Waals surface area contributed by atoms with Crippen molar-refractivity contribution in [3.05, 3.63) is 47.6 Å². The summed E-state index contributed by atoms with van der Waals surface area (Å²) in [4.78, 5) is 4.24. The lowest BCUT2D eigenvalue weighted by Crippen LogP contribution is -2.22. The first kappa shape index (κ1) is 14.8. The van der Waals surface area contributed by atoms with Crippen LogP contribution in [0.1, 0.15) is 0 Å². The molecule has 0 aliphatic heterocycles. The summed E-state index contributed by atoms with van der Waals surface area (Å²) in [5, 5.41) is 3.66. The van der Waals surface area contributed by atoms with Crippen molar-refractivity contribution < 1.29 is 8.42 Å². The number of nitrogens with one attached hydrogen (secondary N) is 1. The topological polar surface area (TPSA) is 62.3 Å². The number of hydrogen-bond acceptors (Lipinski definition) is 4. The van der Waals surface area contributed by atoms with E-state index in [0.29, 0.717) is 10.8 Å². The lowest BCUT2D eigenvalue weighted by Gasteiger charge is -2.11. The largest absolute Gasteiger partial charge is 0.340 e. The molecule has 0 amide bonds. The number of nitrogens with zero attached hydrogens (tertiary/aromatic N) is 2. The van der Waals surface area contributed by atoms with Crippen molar-refractivity contribution in [1.82, 2.24) is 9.29 Å². The van der Waals surface area contributed by atoms with Crippen molar-refractivity contribution in [2.75, 3.05) is 19.4 Å². The number of benzene rings is 1. The highest BCUT2D eigenvalue weighted by molar-refractivity contribution is 7.89. The van der Waals surface area contributed by atoms with Crippen LogP contribution in [0.3, 0.4) is 0 Å². The molecule has 0 aliphatic rings. The first-order chi connectivity index (χ1) is 9.39. The van der Waals surface area contributed by atoms with Gasteiger partial charge in [0.1, 0.15) is 10.7 Å². The third-order valence-electron chi connectivity index (χ3n) is 2.61. The summed E-state index contributed by atoms with van der Waals surface area (Å²) in [5.41, 5.74) is 0.785. The van der Waals surface area contributed by atoms with E-state index in [1.165, 1.54) is 26.4 Å². The molecule has 2 rings (SSSR count). The van der Waals surface area contributed by atoms with Crippen molar-refractivity contribution in [3.63, 3.8) is 0 Å². The number of anilines is 2. The molecule has 2 aromatic rings. The Hall–Kier alpha value is -1.63. The average molecular weight is 312 g/mol. The molecular weight excluding hydrogens is 298 g/mol. The zero-order valence-corrected chi connectivity index (χ0v) is 12.6. The fourth-order valence-corrected chi connectivity index (χ4v) is 2.57. The Balaban J connectivity index is 2.21. The molecule has 0 radical (unpaired) electrons. The minimum Gasteiger partial charge on any atom is -0.340 e. The summed E-state index contributed by atoms with van der Waals surface area (Å²) >= 11 is 5.89. The van der Waals surface area contributed by atoms with Gasteiger partial charge < -0.3 is 5.32 Å². The molecule has 7 heteroatoms. The number of halogens is 1. The quantitative estimate of drug-likeness (QED) is 0.943. The van der Waals surface area contributed by atoms with Crippen LogP contribution in [0.25, 0.3) is 0 Å². The first-order valence-electron chi connectivity index (χ1n) is 5.81. The second-order valence-electron chi connectivity index (χ2n) is 4.30. The van der Waals surface area contributed by atoms with Crippen molar-refractivity contribution in [1.29, 1.82) is 0 Å². The van der Waals surface area contributed by atoms with Crippen LogP contribution in [0.15, 0.2) is 47.5 Å². The molecule has 0 saturated carbocycles. The van der Waals surface area contributed by atoms with E-state index < -0.39 is 10.0 Å². The van der Waals surface area contributed by atoms with Crippen LogP contribution < -0.4 is 5.32 Å². The minimum absolute atomic E-state index is 0.152. The molecule has 0 saturated heterocycles. The number of sulfonamides is 1. The van der Waals surface area contributed by atoms with Gasteiger partial charge in [0.2, 0.25) is 10.0 Å². The molecule has 106 valence electrons. The van der Waals surface area contributed by atoms with E-state index in [1.807, 2.05) is 12.1 Å². The minimum atomic E-state index is -3.45. The monoisotopic (exact) mass is 311 g/mol. The zero-order valence-electron chi connectivity index (χ0n) is 11.0. The molecule has 0 bridgehead atoms. The molecule has 5 nitrogen and oxygen atoms in total. The summed E-state index contributed by atoms with van der Waals surface area (Å²) in [6.45, 7) is 0. The van der Waals surface area contributed by atoms with Gasteiger partial charge >= 0.3 is 0 Å². The second kappa shape index (κ2) is 5.78. The average Bonchev–Trinajstić information content (AvgIpc) is 2.39. The first-order valence-corrected chi connectivity index (χ1v) is 7.62. The lowest BCUT2D eigenvalue weighted by atomic mass is 10.3. The second-order valence-corrected chi connectivity index (χ2v) is 6.89. The number of aromatic nitrogens is 1. The predicted molar refractivity (Wildman–Crippen MR) is 79.8 cm³/mol. The van der Waals surface area contributed by atoms with Crippen LogP contribution in [0.4, 0.5) is 11.5 Å². The maximum absolute atomic E-state index is 11.9. The van der Waals surface area contributed by atoms with E-state index in [9.17, 15) is 8.42 Å². The molecule has 1 heterocycles. The van der Waals surface area contributed by atoms with E-state index in [1.54, 1.807) is 18.2 Å². The summed E-state index contributed by atoms with van der Waals surface area (Å²) in [7, 11) is -0.492. The van der Waals surface area contributed by atoms with Gasteiger partial charge in [-0.2, -0.15) is 0 Å². The third kappa shape index (κ3) is 3.27. The van der Waals surface area contributed by atoms with Gasteiger partial charge in [0.15, 0.2) is 0 Å². The highest BCUT2D eigenvalue weighted by Gasteiger charge is 2.17. The molecule has 0 aliphatic carbocycles. The normalized spacial score (nSPS) is 11.6. The van der Waals surface area contributed by atoms with Crippen molar-refractivity contribution in [2.24, 2.45) is 0 Å². The van der Waals surface area contributed by atoms with E-state index >= 15 is 0 Å². The van der Waals surface area contributed by atoms with Crippen LogP contribution in [0.5, 0.6) is 0 Å². The number of hydrogen-bond donors (Lipinski definition) is 1. The summed E-state index contributed by atoms with van der Waals surface area (Å²) in [5.74, 6) is 0.546. The van der Waals surface area contributed by atoms with Crippen LogP contribution in [-0.2, 0) is 10.0 Å². The smallest absolute Gasteiger partial charge is 0.244 e. The third-order valence-corrected chi connectivity index (χ3v) is 4.65. The van der Waals surface area contributed by atoms with Crippen molar-refractivity contribution in [2.45, 2.75) is 4.90 Å². The number of rotatable bonds is 4. The number of pyridine rings is 1. The Kier molecular flexibility index (Phi) is 4.27. The maximum atomic E-state index is 11.9. The highest BCUT2D eigenvalue weighted by atomic mass is 35.5. The van der Waals surface area contributed by atoms with E-state index in [2.05, 4.69) is 10.3 Å². The van der Waals surface area contributed by atoms with Gasteiger partial charge in [-0.15, -0.1) is 0 Å². The molecule has 20 heavy (non-hydrogen) atoms. The molecule has 1 aromatic heterocycles. The Morgan fingerprint density at radius 3 is 2.50 bits per heavy atom. The van der Waals surface area contributed by atoms with Gasteiger partial charge in [0.25, 0.3) is 0 Å². The summed E-state index contributed by atoms with van der Waals surface area (Å²) in [6.07, 6.45) is 1.32. The van der Waals surface area contributed by atoms with Gasteiger partial charge in [-0.25, -0.2) is 17.7 Å². The fourth-order valence-electron chi connectivity index (χ4n) is 1.53. The maximum Gasteiger partial charge on any atom is 0.244 e. The predicted octanol–water partition coefficient (Wildman–Crippen LogP) is 2.73. The molecule has 0 atom stereocenters. The Morgan fingerprint density at radius 2 is 1.95 bits per heavy atom. The molecule has 1 aromatic carbocycles. The van der Waals surface area contributed by atoms with E-state index in [-0.39, 0.29) is 4.90 Å². The van der Waals surface area contributed by atoms with Gasteiger partial charge in [-0.1, -0.05) is 17.7 Å². The lowest BCUT2D eigenvalue weighted by molar-refractivity contribution is 0.520. The fraction of sp³-hybridized carbons (Fsp3) is 0.154. The van der Waals surface area contributed by atoms with Gasteiger partial charge in [-0.05, 0) is 30.3 Å². The van der Waals surface area contributed by atoms with Gasteiger partial charge in [0, 0.05) is 31.0 Å². The molecule has 1 N–H and O–H groups in total. The van der Waals surface area contributed by atoms with Gasteiger partial charge in [0.05, 0.1) is 0 Å². The Labute approximate surface area is 123 Å². The molecular formula is C13H14ClN3O2S. The van der Waals surface area contributed by atoms with Gasteiger partial charge in [-0.3, -0.25) is 0 Å². The highest BCUT2D eigenvalue weighted by Crippen LogP contribution is 2.20. The van der Waals surface area contributed by atoms with Crippen LogP contribution in [-0.4, -0.2) is 31.8 Å². The van der Waals surface area contributed by atoms with Crippen LogP contribution >= 0.6 is 11.6 Å². The van der Waals surface area contributed by atoms with E-state index in [0.717, 1.165) is 9.99 Å². The summed E-state index contributed by atoms with van der Waals surface area (Å²) in [6, 6.07) is 10.3. The molecule has 0 spiro atoms. The zero-order chi connectivity index (χ0) is 14.8. The van der Waals surface area contributed by atoms with Crippen LogP contribution in [0.2, 0.25) is 5.02 Å².